The van der Waals surface area contributed by atoms with Crippen molar-refractivity contribution >= 4 is 16.1 Å². The molecule has 0 spiro atoms. The highest BCUT2D eigenvalue weighted by molar-refractivity contribution is 7.89. The van der Waals surface area contributed by atoms with E-state index in [1.165, 1.54) is 17.5 Å². The summed E-state index contributed by atoms with van der Waals surface area (Å²) in [6.45, 7) is 0.122. The van der Waals surface area contributed by atoms with E-state index in [1.54, 1.807) is 0 Å². The fourth-order valence-electron chi connectivity index (χ4n) is 3.89. The SMILES string of the molecule is O=C(NCCS(=O)(=O)NC1CCCCC1)NC1CCc2ccccc2C1. The van der Waals surface area contributed by atoms with Gasteiger partial charge in [-0.2, -0.15) is 0 Å². The molecular formula is C19H29N3O3S. The highest BCUT2D eigenvalue weighted by Crippen LogP contribution is 2.21. The Balaban J connectivity index is 1.37. The lowest BCUT2D eigenvalue weighted by atomic mass is 9.88. The van der Waals surface area contributed by atoms with Crippen molar-refractivity contribution in [3.8, 4) is 0 Å². The summed E-state index contributed by atoms with van der Waals surface area (Å²) in [5, 5.41) is 5.64. The summed E-state index contributed by atoms with van der Waals surface area (Å²) in [5.41, 5.74) is 2.63. The fourth-order valence-corrected chi connectivity index (χ4v) is 5.12. The van der Waals surface area contributed by atoms with Crippen LogP contribution in [0.2, 0.25) is 0 Å². The number of aryl methyl sites for hydroxylation is 1. The van der Waals surface area contributed by atoms with E-state index in [1.807, 2.05) is 12.1 Å². The number of rotatable bonds is 6. The van der Waals surface area contributed by atoms with Crippen LogP contribution in [0.15, 0.2) is 24.3 Å². The molecule has 2 amide bonds. The largest absolute Gasteiger partial charge is 0.337 e. The summed E-state index contributed by atoms with van der Waals surface area (Å²) in [4.78, 5) is 12.1. The first-order valence-corrected chi connectivity index (χ1v) is 11.3. The summed E-state index contributed by atoms with van der Waals surface area (Å²) in [7, 11) is -3.34. The highest BCUT2D eigenvalue weighted by atomic mass is 32.2. The second-order valence-corrected chi connectivity index (χ2v) is 9.25. The van der Waals surface area contributed by atoms with Crippen LogP contribution in [-0.2, 0) is 22.9 Å². The Morgan fingerprint density at radius 3 is 2.50 bits per heavy atom. The summed E-state index contributed by atoms with van der Waals surface area (Å²) < 4.78 is 27.0. The van der Waals surface area contributed by atoms with E-state index >= 15 is 0 Å². The predicted octanol–water partition coefficient (Wildman–Crippen LogP) is 2.10. The van der Waals surface area contributed by atoms with Crippen LogP contribution in [0.25, 0.3) is 0 Å². The van der Waals surface area contributed by atoms with Gasteiger partial charge >= 0.3 is 6.03 Å². The molecule has 1 unspecified atom stereocenters. The van der Waals surface area contributed by atoms with Gasteiger partial charge in [-0.25, -0.2) is 17.9 Å². The van der Waals surface area contributed by atoms with Gasteiger partial charge in [-0.3, -0.25) is 0 Å². The van der Waals surface area contributed by atoms with Gasteiger partial charge in [-0.05, 0) is 43.2 Å². The minimum Gasteiger partial charge on any atom is -0.337 e. The molecule has 3 N–H and O–H groups in total. The Labute approximate surface area is 156 Å². The average molecular weight is 380 g/mol. The Morgan fingerprint density at radius 1 is 1.00 bits per heavy atom. The van der Waals surface area contributed by atoms with Crippen LogP contribution in [0.3, 0.4) is 0 Å². The van der Waals surface area contributed by atoms with E-state index in [4.69, 9.17) is 0 Å². The van der Waals surface area contributed by atoms with Crippen LogP contribution in [0.5, 0.6) is 0 Å². The molecule has 2 aliphatic carbocycles. The van der Waals surface area contributed by atoms with Gasteiger partial charge in [0.1, 0.15) is 0 Å². The lowest BCUT2D eigenvalue weighted by Crippen LogP contribution is -2.46. The number of urea groups is 1. The van der Waals surface area contributed by atoms with Crippen LogP contribution >= 0.6 is 0 Å². The zero-order chi connectivity index (χ0) is 18.4. The van der Waals surface area contributed by atoms with E-state index in [0.29, 0.717) is 0 Å². The second-order valence-electron chi connectivity index (χ2n) is 7.38. The first-order valence-electron chi connectivity index (χ1n) is 9.63. The standard InChI is InChI=1S/C19H29N3O3S/c23-19(21-18-11-10-15-6-4-5-7-16(15)14-18)20-12-13-26(24,25)22-17-8-2-1-3-9-17/h4-7,17-18,22H,1-3,8-14H2,(H2,20,21,23). The van der Waals surface area contributed by atoms with Crippen molar-refractivity contribution in [1.29, 1.82) is 0 Å². The average Bonchev–Trinajstić information content (AvgIpc) is 2.62. The number of hydrogen-bond acceptors (Lipinski definition) is 3. The predicted molar refractivity (Wildman–Crippen MR) is 103 cm³/mol. The van der Waals surface area contributed by atoms with Crippen LogP contribution in [-0.4, -0.2) is 38.8 Å². The van der Waals surface area contributed by atoms with E-state index < -0.39 is 10.0 Å². The molecule has 1 fully saturated rings. The normalized spacial score (nSPS) is 21.0. The lowest BCUT2D eigenvalue weighted by Gasteiger charge is -2.25. The van der Waals surface area contributed by atoms with Gasteiger partial charge in [-0.1, -0.05) is 43.5 Å². The van der Waals surface area contributed by atoms with Crippen molar-refractivity contribution in [1.82, 2.24) is 15.4 Å². The van der Waals surface area contributed by atoms with Gasteiger partial charge in [0.25, 0.3) is 0 Å². The molecule has 144 valence electrons. The number of hydrogen-bond donors (Lipinski definition) is 3. The minimum atomic E-state index is -3.34. The van der Waals surface area contributed by atoms with Gasteiger partial charge in [0.2, 0.25) is 10.0 Å². The quantitative estimate of drug-likeness (QED) is 0.707. The molecule has 1 aromatic carbocycles. The number of sulfonamides is 1. The van der Waals surface area contributed by atoms with Gasteiger partial charge in [0.15, 0.2) is 0 Å². The van der Waals surface area contributed by atoms with Gasteiger partial charge in [-0.15, -0.1) is 0 Å². The summed E-state index contributed by atoms with van der Waals surface area (Å²) in [6.07, 6.45) is 7.87. The third-order valence-corrected chi connectivity index (χ3v) is 6.72. The van der Waals surface area contributed by atoms with Crippen molar-refractivity contribution in [2.24, 2.45) is 0 Å². The number of carbonyl (C=O) groups excluding carboxylic acids is 1. The highest BCUT2D eigenvalue weighted by Gasteiger charge is 2.21. The van der Waals surface area contributed by atoms with Crippen molar-refractivity contribution in [3.63, 3.8) is 0 Å². The van der Waals surface area contributed by atoms with Crippen molar-refractivity contribution in [2.45, 2.75) is 63.5 Å². The zero-order valence-corrected chi connectivity index (χ0v) is 16.0. The number of carbonyl (C=O) groups is 1. The molecule has 2 aliphatic rings. The van der Waals surface area contributed by atoms with E-state index in [9.17, 15) is 13.2 Å². The molecule has 0 radical (unpaired) electrons. The molecule has 0 aromatic heterocycles. The van der Waals surface area contributed by atoms with Crippen LogP contribution in [0.1, 0.15) is 49.7 Å². The van der Waals surface area contributed by atoms with E-state index in [-0.39, 0.29) is 30.4 Å². The smallest absolute Gasteiger partial charge is 0.315 e. The topological polar surface area (TPSA) is 87.3 Å². The Hall–Kier alpha value is -1.60. The summed E-state index contributed by atoms with van der Waals surface area (Å²) in [6, 6.07) is 8.17. The van der Waals surface area contributed by atoms with Crippen LogP contribution in [0.4, 0.5) is 4.79 Å². The van der Waals surface area contributed by atoms with Crippen molar-refractivity contribution < 1.29 is 13.2 Å². The molecule has 3 rings (SSSR count). The third kappa shape index (κ3) is 5.71. The van der Waals surface area contributed by atoms with Crippen LogP contribution < -0.4 is 15.4 Å². The van der Waals surface area contributed by atoms with Crippen LogP contribution in [0, 0.1) is 0 Å². The van der Waals surface area contributed by atoms with Crippen molar-refractivity contribution in [2.75, 3.05) is 12.3 Å². The van der Waals surface area contributed by atoms with Crippen molar-refractivity contribution in [3.05, 3.63) is 35.4 Å². The number of nitrogens with one attached hydrogen (secondary N) is 3. The molecule has 6 nitrogen and oxygen atoms in total. The first kappa shape index (κ1) is 19.2. The molecule has 1 atom stereocenters. The zero-order valence-electron chi connectivity index (χ0n) is 15.2. The molecule has 7 heteroatoms. The molecular weight excluding hydrogens is 350 g/mol. The Kier molecular flexibility index (Phi) is 6.53. The molecule has 0 saturated heterocycles. The molecule has 1 saturated carbocycles. The van der Waals surface area contributed by atoms with Gasteiger partial charge < -0.3 is 10.6 Å². The number of amides is 2. The maximum Gasteiger partial charge on any atom is 0.315 e. The lowest BCUT2D eigenvalue weighted by molar-refractivity contribution is 0.236. The molecule has 0 heterocycles. The Morgan fingerprint density at radius 2 is 1.73 bits per heavy atom. The summed E-state index contributed by atoms with van der Waals surface area (Å²) in [5.74, 6) is -0.0789. The van der Waals surface area contributed by atoms with Gasteiger partial charge in [0.05, 0.1) is 5.75 Å². The molecule has 0 aliphatic heterocycles. The van der Waals surface area contributed by atoms with Gasteiger partial charge in [0, 0.05) is 18.6 Å². The minimum absolute atomic E-state index is 0.0601. The maximum absolute atomic E-state index is 12.1. The summed E-state index contributed by atoms with van der Waals surface area (Å²) >= 11 is 0. The molecule has 1 aromatic rings. The van der Waals surface area contributed by atoms with E-state index in [0.717, 1.165) is 44.9 Å². The van der Waals surface area contributed by atoms with E-state index in [2.05, 4.69) is 27.5 Å². The second kappa shape index (κ2) is 8.86. The number of fused-ring (bicyclic) bond motifs is 1. The first-order chi connectivity index (χ1) is 12.5. The molecule has 26 heavy (non-hydrogen) atoms. The molecule has 0 bridgehead atoms. The maximum atomic E-state index is 12.1. The monoisotopic (exact) mass is 379 g/mol. The third-order valence-electron chi connectivity index (χ3n) is 5.29. The fraction of sp³-hybridized carbons (Fsp3) is 0.632. The number of benzene rings is 1. The Bertz CT molecular complexity index is 714.